The average molecular weight is 301 g/mol. The van der Waals surface area contributed by atoms with E-state index in [1.807, 2.05) is 0 Å². The van der Waals surface area contributed by atoms with Crippen LogP contribution in [0, 0.1) is 3.57 Å². The van der Waals surface area contributed by atoms with Gasteiger partial charge in [0.1, 0.15) is 18.1 Å². The molecule has 0 atom stereocenters. The van der Waals surface area contributed by atoms with Gasteiger partial charge in [-0.05, 0) is 28.7 Å². The summed E-state index contributed by atoms with van der Waals surface area (Å²) >= 11 is 2.34. The van der Waals surface area contributed by atoms with Crippen LogP contribution in [0.2, 0.25) is 0 Å². The third-order valence-electron chi connectivity index (χ3n) is 2.51. The Morgan fingerprint density at radius 3 is 2.64 bits per heavy atom. The van der Waals surface area contributed by atoms with Crippen molar-refractivity contribution in [3.63, 3.8) is 0 Å². The highest BCUT2D eigenvalue weighted by molar-refractivity contribution is 14.1. The fourth-order valence-corrected chi connectivity index (χ4v) is 2.25. The monoisotopic (exact) mass is 301 g/mol. The van der Waals surface area contributed by atoms with Crippen molar-refractivity contribution in [2.75, 3.05) is 0 Å². The average Bonchev–Trinajstić information content (AvgIpc) is 2.43. The minimum atomic E-state index is 0.567. The van der Waals surface area contributed by atoms with Crippen LogP contribution < -0.4 is 4.40 Å². The molecule has 2 rings (SSSR count). The summed E-state index contributed by atoms with van der Waals surface area (Å²) in [7, 11) is 2.12. The standard InChI is InChI=1S/C11H14IN2/c1-8(2)10-7-14-6-9(12)4-5-11(14)13(10)3/h4-8H,1-3H3/q+1. The highest BCUT2D eigenvalue weighted by Crippen LogP contribution is 2.14. The van der Waals surface area contributed by atoms with E-state index in [1.54, 1.807) is 0 Å². The Hall–Kier alpha value is -0.580. The molecule has 0 aromatic carbocycles. The van der Waals surface area contributed by atoms with Crippen LogP contribution >= 0.6 is 22.6 Å². The number of imidazole rings is 1. The molecule has 0 aliphatic rings. The minimum absolute atomic E-state index is 0.567. The molecule has 0 aliphatic heterocycles. The van der Waals surface area contributed by atoms with Gasteiger partial charge in [0, 0.05) is 12.0 Å². The van der Waals surface area contributed by atoms with E-state index in [1.165, 1.54) is 14.9 Å². The topological polar surface area (TPSA) is 9.03 Å². The number of rotatable bonds is 1. The lowest BCUT2D eigenvalue weighted by Crippen LogP contribution is -2.18. The first-order valence-corrected chi connectivity index (χ1v) is 5.83. The molecule has 0 radical (unpaired) electrons. The first kappa shape index (κ1) is 9.96. The molecule has 0 fully saturated rings. The smallest absolute Gasteiger partial charge is 0.230 e. The summed E-state index contributed by atoms with van der Waals surface area (Å²) in [5.74, 6) is 0.567. The number of hydrogen-bond acceptors (Lipinski definition) is 0. The maximum Gasteiger partial charge on any atom is 0.286 e. The molecule has 0 spiro atoms. The highest BCUT2D eigenvalue weighted by Gasteiger charge is 2.16. The summed E-state index contributed by atoms with van der Waals surface area (Å²) in [6, 6.07) is 4.30. The molecule has 3 heteroatoms. The lowest BCUT2D eigenvalue weighted by molar-refractivity contribution is -0.511. The molecular weight excluding hydrogens is 287 g/mol. The van der Waals surface area contributed by atoms with Crippen molar-refractivity contribution in [2.24, 2.45) is 7.05 Å². The molecule has 0 amide bonds. The molecule has 0 saturated carbocycles. The van der Waals surface area contributed by atoms with Gasteiger partial charge >= 0.3 is 0 Å². The van der Waals surface area contributed by atoms with Crippen LogP contribution in [0.25, 0.3) is 5.65 Å². The number of nitrogens with zero attached hydrogens (tertiary/aromatic N) is 2. The summed E-state index contributed by atoms with van der Waals surface area (Å²) in [6.07, 6.45) is 4.37. The second-order valence-electron chi connectivity index (χ2n) is 3.88. The normalized spacial score (nSPS) is 11.5. The van der Waals surface area contributed by atoms with E-state index in [0.29, 0.717) is 5.92 Å². The number of aromatic nitrogens is 2. The SMILES string of the molecule is CC(C)c1c[n+]2cc(I)ccc2n1C. The van der Waals surface area contributed by atoms with Crippen LogP contribution in [0.5, 0.6) is 0 Å². The fraction of sp³-hybridized carbons (Fsp3) is 0.364. The first-order chi connectivity index (χ1) is 6.59. The van der Waals surface area contributed by atoms with Gasteiger partial charge in [-0.15, -0.1) is 0 Å². The second kappa shape index (κ2) is 3.53. The van der Waals surface area contributed by atoms with E-state index in [4.69, 9.17) is 0 Å². The molecule has 0 bridgehead atoms. The van der Waals surface area contributed by atoms with Gasteiger partial charge in [0.25, 0.3) is 5.65 Å². The largest absolute Gasteiger partial charge is 0.286 e. The van der Waals surface area contributed by atoms with Crippen molar-refractivity contribution in [3.05, 3.63) is 33.8 Å². The van der Waals surface area contributed by atoms with Gasteiger partial charge in [-0.25, -0.2) is 8.97 Å². The van der Waals surface area contributed by atoms with Gasteiger partial charge in [0.15, 0.2) is 0 Å². The van der Waals surface area contributed by atoms with E-state index in [-0.39, 0.29) is 0 Å². The fourth-order valence-electron chi connectivity index (χ4n) is 1.77. The molecule has 2 aromatic heterocycles. The molecule has 0 N–H and O–H groups in total. The third-order valence-corrected chi connectivity index (χ3v) is 3.15. The van der Waals surface area contributed by atoms with Crippen LogP contribution in [-0.2, 0) is 7.05 Å². The number of halogens is 1. The molecule has 14 heavy (non-hydrogen) atoms. The lowest BCUT2D eigenvalue weighted by Gasteiger charge is -1.97. The van der Waals surface area contributed by atoms with Gasteiger partial charge in [-0.2, -0.15) is 0 Å². The molecule has 0 aliphatic carbocycles. The first-order valence-electron chi connectivity index (χ1n) is 4.75. The Kier molecular flexibility index (Phi) is 2.51. The Labute approximate surface area is 97.7 Å². The minimum Gasteiger partial charge on any atom is -0.230 e. The van der Waals surface area contributed by atoms with Crippen LogP contribution in [0.1, 0.15) is 25.5 Å². The Bertz CT molecular complexity index is 471. The molecule has 2 heterocycles. The zero-order valence-corrected chi connectivity index (χ0v) is 10.8. The van der Waals surface area contributed by atoms with Crippen molar-refractivity contribution in [1.82, 2.24) is 4.57 Å². The van der Waals surface area contributed by atoms with Gasteiger partial charge in [-0.3, -0.25) is 0 Å². The third kappa shape index (κ3) is 1.54. The zero-order chi connectivity index (χ0) is 10.3. The van der Waals surface area contributed by atoms with Crippen molar-refractivity contribution in [3.8, 4) is 0 Å². The Balaban J connectivity index is 2.73. The van der Waals surface area contributed by atoms with E-state index in [9.17, 15) is 0 Å². The van der Waals surface area contributed by atoms with Gasteiger partial charge in [0.2, 0.25) is 0 Å². The summed E-state index contributed by atoms with van der Waals surface area (Å²) in [4.78, 5) is 0. The quantitative estimate of drug-likeness (QED) is 0.565. The second-order valence-corrected chi connectivity index (χ2v) is 5.13. The van der Waals surface area contributed by atoms with Gasteiger partial charge in [0.05, 0.1) is 10.6 Å². The Morgan fingerprint density at radius 2 is 2.00 bits per heavy atom. The van der Waals surface area contributed by atoms with Crippen LogP contribution in [0.4, 0.5) is 0 Å². The molecule has 2 aromatic rings. The predicted octanol–water partition coefficient (Wildman–Crippen LogP) is 2.49. The molecule has 0 unspecified atom stereocenters. The highest BCUT2D eigenvalue weighted by atomic mass is 127. The van der Waals surface area contributed by atoms with Crippen molar-refractivity contribution in [1.29, 1.82) is 0 Å². The van der Waals surface area contributed by atoms with Gasteiger partial charge in [-0.1, -0.05) is 13.8 Å². The van der Waals surface area contributed by atoms with E-state index < -0.39 is 0 Å². The summed E-state index contributed by atoms with van der Waals surface area (Å²) in [6.45, 7) is 4.44. The summed E-state index contributed by atoms with van der Waals surface area (Å²) in [5.41, 5.74) is 2.61. The maximum atomic E-state index is 2.34. The van der Waals surface area contributed by atoms with Crippen molar-refractivity contribution < 1.29 is 4.40 Å². The molecule has 2 nitrogen and oxygen atoms in total. The number of aryl methyl sites for hydroxylation is 1. The van der Waals surface area contributed by atoms with E-state index in [0.717, 1.165) is 0 Å². The lowest BCUT2D eigenvalue weighted by atomic mass is 10.1. The van der Waals surface area contributed by atoms with Gasteiger partial charge < -0.3 is 0 Å². The Morgan fingerprint density at radius 1 is 1.29 bits per heavy atom. The molecule has 74 valence electrons. The zero-order valence-electron chi connectivity index (χ0n) is 8.66. The molecular formula is C11H14IN2+. The summed E-state index contributed by atoms with van der Waals surface area (Å²) in [5, 5.41) is 0. The number of hydrogen-bond donors (Lipinski definition) is 0. The van der Waals surface area contributed by atoms with Crippen molar-refractivity contribution >= 4 is 28.2 Å². The van der Waals surface area contributed by atoms with E-state index in [2.05, 4.69) is 77.0 Å². The summed E-state index contributed by atoms with van der Waals surface area (Å²) < 4.78 is 5.71. The number of fused-ring (bicyclic) bond motifs is 1. The van der Waals surface area contributed by atoms with Crippen LogP contribution in [-0.4, -0.2) is 4.57 Å². The number of pyridine rings is 1. The van der Waals surface area contributed by atoms with E-state index >= 15 is 0 Å². The van der Waals surface area contributed by atoms with Crippen LogP contribution in [0.15, 0.2) is 24.5 Å². The predicted molar refractivity (Wildman–Crippen MR) is 65.4 cm³/mol. The molecule has 0 saturated heterocycles. The maximum absolute atomic E-state index is 2.34. The van der Waals surface area contributed by atoms with Crippen LogP contribution in [0.3, 0.4) is 0 Å². The van der Waals surface area contributed by atoms with Crippen molar-refractivity contribution in [2.45, 2.75) is 19.8 Å².